The maximum absolute atomic E-state index is 13.9. The number of hydrogen-bond acceptors (Lipinski definition) is 4. The smallest absolute Gasteiger partial charge is 0.246 e. The summed E-state index contributed by atoms with van der Waals surface area (Å²) in [6.45, 7) is 4.00. The van der Waals surface area contributed by atoms with Gasteiger partial charge in [0.15, 0.2) is 0 Å². The van der Waals surface area contributed by atoms with Gasteiger partial charge in [-0.15, -0.1) is 0 Å². The summed E-state index contributed by atoms with van der Waals surface area (Å²) in [7, 11) is -4.18. The van der Waals surface area contributed by atoms with E-state index in [4.69, 9.17) is 4.74 Å². The number of piperidine rings is 1. The molecule has 1 N–H and O–H groups in total. The second kappa shape index (κ2) is 9.36. The highest BCUT2D eigenvalue weighted by atomic mass is 32.2. The lowest BCUT2D eigenvalue weighted by atomic mass is 9.97. The van der Waals surface area contributed by atoms with Gasteiger partial charge < -0.3 is 10.1 Å². The van der Waals surface area contributed by atoms with Crippen LogP contribution in [0.4, 0.5) is 14.5 Å². The number of carbonyl (C=O) groups is 1. The molecule has 1 saturated heterocycles. The van der Waals surface area contributed by atoms with E-state index in [1.807, 2.05) is 0 Å². The van der Waals surface area contributed by atoms with Crippen molar-refractivity contribution in [3.8, 4) is 5.75 Å². The minimum absolute atomic E-state index is 0.0405. The van der Waals surface area contributed by atoms with Crippen molar-refractivity contribution in [2.24, 2.45) is 5.92 Å². The van der Waals surface area contributed by atoms with Gasteiger partial charge >= 0.3 is 0 Å². The third-order valence-corrected chi connectivity index (χ3v) is 6.72. The SMILES string of the molecule is C=CCOc1cccc(NC(=O)C2CCN(S(=O)(=O)c3cc(F)ccc3F)CC2)c1. The number of ether oxygens (including phenoxy) is 1. The molecule has 0 bridgehead atoms. The second-order valence-corrected chi connectivity index (χ2v) is 8.78. The number of carbonyl (C=O) groups excluding carboxylic acids is 1. The van der Waals surface area contributed by atoms with Gasteiger partial charge in [0.25, 0.3) is 0 Å². The topological polar surface area (TPSA) is 75.7 Å². The summed E-state index contributed by atoms with van der Waals surface area (Å²) in [5, 5.41) is 2.81. The summed E-state index contributed by atoms with van der Waals surface area (Å²) < 4.78 is 59.1. The molecule has 0 aromatic heterocycles. The third-order valence-electron chi connectivity index (χ3n) is 4.81. The number of amides is 1. The average Bonchev–Trinajstić information content (AvgIpc) is 2.74. The highest BCUT2D eigenvalue weighted by Gasteiger charge is 2.33. The monoisotopic (exact) mass is 436 g/mol. The molecule has 3 rings (SSSR count). The van der Waals surface area contributed by atoms with E-state index in [1.165, 1.54) is 0 Å². The van der Waals surface area contributed by atoms with Crippen molar-refractivity contribution in [3.05, 3.63) is 66.8 Å². The molecule has 6 nitrogen and oxygen atoms in total. The number of sulfonamides is 1. The number of halogens is 2. The van der Waals surface area contributed by atoms with E-state index >= 15 is 0 Å². The number of nitrogens with zero attached hydrogens (tertiary/aromatic N) is 1. The molecule has 30 heavy (non-hydrogen) atoms. The predicted octanol–water partition coefficient (Wildman–Crippen LogP) is 3.57. The van der Waals surface area contributed by atoms with Crippen LogP contribution in [0, 0.1) is 17.6 Å². The fourth-order valence-corrected chi connectivity index (χ4v) is 4.78. The first-order chi connectivity index (χ1) is 14.3. The van der Waals surface area contributed by atoms with Gasteiger partial charge in [0, 0.05) is 30.8 Å². The molecule has 1 fully saturated rings. The molecular formula is C21H22F2N2O4S. The Morgan fingerprint density at radius 3 is 2.63 bits per heavy atom. The van der Waals surface area contributed by atoms with Gasteiger partial charge in [-0.05, 0) is 43.2 Å². The molecule has 0 unspecified atom stereocenters. The zero-order valence-electron chi connectivity index (χ0n) is 16.2. The molecule has 1 aliphatic heterocycles. The summed E-state index contributed by atoms with van der Waals surface area (Å²) in [5.41, 5.74) is 0.568. The zero-order chi connectivity index (χ0) is 21.7. The summed E-state index contributed by atoms with van der Waals surface area (Å²) in [6.07, 6.45) is 2.16. The molecule has 1 heterocycles. The molecule has 0 atom stereocenters. The van der Waals surface area contributed by atoms with Crippen molar-refractivity contribution < 1.29 is 26.7 Å². The van der Waals surface area contributed by atoms with Crippen LogP contribution in [0.15, 0.2) is 60.0 Å². The van der Waals surface area contributed by atoms with E-state index in [0.29, 0.717) is 24.1 Å². The lowest BCUT2D eigenvalue weighted by molar-refractivity contribution is -0.120. The summed E-state index contributed by atoms with van der Waals surface area (Å²) in [6, 6.07) is 9.24. The van der Waals surface area contributed by atoms with Gasteiger partial charge in [-0.3, -0.25) is 4.79 Å². The predicted molar refractivity (Wildman–Crippen MR) is 109 cm³/mol. The maximum atomic E-state index is 13.9. The van der Waals surface area contributed by atoms with Crippen molar-refractivity contribution >= 4 is 21.6 Å². The van der Waals surface area contributed by atoms with E-state index in [1.54, 1.807) is 30.3 Å². The van der Waals surface area contributed by atoms with E-state index in [9.17, 15) is 22.0 Å². The van der Waals surface area contributed by atoms with Crippen LogP contribution in [0.3, 0.4) is 0 Å². The van der Waals surface area contributed by atoms with Crippen LogP contribution in [0.25, 0.3) is 0 Å². The number of rotatable bonds is 7. The van der Waals surface area contributed by atoms with Crippen LogP contribution in [0.5, 0.6) is 5.75 Å². The van der Waals surface area contributed by atoms with Gasteiger partial charge in [-0.1, -0.05) is 18.7 Å². The van der Waals surface area contributed by atoms with Crippen LogP contribution < -0.4 is 10.1 Å². The van der Waals surface area contributed by atoms with Crippen molar-refractivity contribution in [2.75, 3.05) is 25.0 Å². The van der Waals surface area contributed by atoms with Crippen LogP contribution in [0.1, 0.15) is 12.8 Å². The van der Waals surface area contributed by atoms with Gasteiger partial charge in [-0.2, -0.15) is 4.31 Å². The van der Waals surface area contributed by atoms with Gasteiger partial charge in [-0.25, -0.2) is 17.2 Å². The minimum Gasteiger partial charge on any atom is -0.489 e. The van der Waals surface area contributed by atoms with Crippen LogP contribution in [-0.4, -0.2) is 38.3 Å². The Kier molecular flexibility index (Phi) is 6.84. The molecule has 0 spiro atoms. The molecule has 0 saturated carbocycles. The number of anilines is 1. The third kappa shape index (κ3) is 5.03. The molecule has 0 aliphatic carbocycles. The van der Waals surface area contributed by atoms with Crippen molar-refractivity contribution in [1.29, 1.82) is 0 Å². The van der Waals surface area contributed by atoms with Gasteiger partial charge in [0.2, 0.25) is 15.9 Å². The molecule has 1 aliphatic rings. The zero-order valence-corrected chi connectivity index (χ0v) is 17.0. The van der Waals surface area contributed by atoms with E-state index < -0.39 is 32.5 Å². The largest absolute Gasteiger partial charge is 0.489 e. The quantitative estimate of drug-likeness (QED) is 0.674. The van der Waals surface area contributed by atoms with Crippen molar-refractivity contribution in [1.82, 2.24) is 4.31 Å². The molecule has 160 valence electrons. The standard InChI is InChI=1S/C21H22F2N2O4S/c1-2-12-29-18-5-3-4-17(14-18)24-21(26)15-8-10-25(11-9-15)30(27,28)20-13-16(22)6-7-19(20)23/h2-7,13-15H,1,8-12H2,(H,24,26). The molecule has 0 radical (unpaired) electrons. The highest BCUT2D eigenvalue weighted by Crippen LogP contribution is 2.27. The molecule has 2 aromatic rings. The maximum Gasteiger partial charge on any atom is 0.246 e. The number of benzene rings is 2. The molecule has 2 aromatic carbocycles. The lowest BCUT2D eigenvalue weighted by Gasteiger charge is -2.30. The fraction of sp³-hybridized carbons (Fsp3) is 0.286. The van der Waals surface area contributed by atoms with Crippen LogP contribution >= 0.6 is 0 Å². The number of nitrogens with one attached hydrogen (secondary N) is 1. The Balaban J connectivity index is 1.62. The van der Waals surface area contributed by atoms with E-state index in [-0.39, 0.29) is 31.8 Å². The minimum atomic E-state index is -4.18. The Bertz CT molecular complexity index is 1040. The Hall–Kier alpha value is -2.78. The van der Waals surface area contributed by atoms with Crippen LogP contribution in [0.2, 0.25) is 0 Å². The lowest BCUT2D eigenvalue weighted by Crippen LogP contribution is -2.41. The first kappa shape index (κ1) is 21.9. The Labute approximate surface area is 174 Å². The summed E-state index contributed by atoms with van der Waals surface area (Å²) in [4.78, 5) is 11.9. The van der Waals surface area contributed by atoms with Crippen molar-refractivity contribution in [3.63, 3.8) is 0 Å². The fourth-order valence-electron chi connectivity index (χ4n) is 3.24. The average molecular weight is 436 g/mol. The van der Waals surface area contributed by atoms with Gasteiger partial charge in [0.1, 0.15) is 28.9 Å². The molecular weight excluding hydrogens is 414 g/mol. The molecule has 9 heteroatoms. The Morgan fingerprint density at radius 2 is 1.93 bits per heavy atom. The molecule has 1 amide bonds. The van der Waals surface area contributed by atoms with E-state index in [0.717, 1.165) is 16.4 Å². The first-order valence-electron chi connectivity index (χ1n) is 9.41. The van der Waals surface area contributed by atoms with Gasteiger partial charge in [0.05, 0.1) is 0 Å². The van der Waals surface area contributed by atoms with Crippen LogP contribution in [-0.2, 0) is 14.8 Å². The summed E-state index contributed by atoms with van der Waals surface area (Å²) >= 11 is 0. The normalized spacial score (nSPS) is 15.5. The first-order valence-corrected chi connectivity index (χ1v) is 10.8. The Morgan fingerprint density at radius 1 is 1.20 bits per heavy atom. The summed E-state index contributed by atoms with van der Waals surface area (Å²) in [5.74, 6) is -1.87. The number of hydrogen-bond donors (Lipinski definition) is 1. The van der Waals surface area contributed by atoms with E-state index in [2.05, 4.69) is 11.9 Å². The highest BCUT2D eigenvalue weighted by molar-refractivity contribution is 7.89. The van der Waals surface area contributed by atoms with Crippen molar-refractivity contribution in [2.45, 2.75) is 17.7 Å². The second-order valence-electron chi connectivity index (χ2n) is 6.87.